The number of Topliss-reactive ketones (excluding diaryl/α,β-unsaturated/α-hetero) is 1. The average molecular weight is 364 g/mol. The van der Waals surface area contributed by atoms with Crippen molar-refractivity contribution in [2.45, 2.75) is 11.3 Å². The van der Waals surface area contributed by atoms with E-state index in [-0.39, 0.29) is 5.78 Å². The van der Waals surface area contributed by atoms with Crippen molar-refractivity contribution >= 4 is 50.7 Å². The summed E-state index contributed by atoms with van der Waals surface area (Å²) in [6, 6.07) is 12.8. The number of hydrogen-bond acceptors (Lipinski definition) is 5. The summed E-state index contributed by atoms with van der Waals surface area (Å²) >= 11 is 8.87. The number of halogens is 1. The topological polar surface area (TPSA) is 39.2 Å². The second-order valence-corrected chi connectivity index (χ2v) is 7.45. The number of ketones is 1. The molecule has 0 aliphatic heterocycles. The highest BCUT2D eigenvalue weighted by Crippen LogP contribution is 2.32. The van der Waals surface area contributed by atoms with Gasteiger partial charge in [0.25, 0.3) is 0 Å². The van der Waals surface area contributed by atoms with Gasteiger partial charge in [-0.1, -0.05) is 23.4 Å². The number of thioether (sulfide) groups is 1. The van der Waals surface area contributed by atoms with Crippen LogP contribution in [0.4, 0.5) is 0 Å². The fraction of sp³-hybridized carbons (Fsp3) is 0.176. The van der Waals surface area contributed by atoms with Crippen LogP contribution in [0, 0.1) is 0 Å². The summed E-state index contributed by atoms with van der Waals surface area (Å²) < 4.78 is 7.45. The number of ether oxygens (including phenoxy) is 1. The predicted molar refractivity (Wildman–Crippen MR) is 97.3 cm³/mol. The van der Waals surface area contributed by atoms with E-state index in [1.54, 1.807) is 35.6 Å². The average Bonchev–Trinajstić information content (AvgIpc) is 2.96. The first-order chi connectivity index (χ1) is 11.2. The van der Waals surface area contributed by atoms with Crippen LogP contribution in [0.1, 0.15) is 17.3 Å². The van der Waals surface area contributed by atoms with Crippen LogP contribution in [0.5, 0.6) is 5.75 Å². The molecule has 0 saturated heterocycles. The van der Waals surface area contributed by atoms with Gasteiger partial charge in [0.05, 0.1) is 22.6 Å². The molecule has 3 rings (SSSR count). The minimum atomic E-state index is 0.0703. The molecule has 0 spiro atoms. The molecule has 0 amide bonds. The zero-order chi connectivity index (χ0) is 16.2. The van der Waals surface area contributed by atoms with Gasteiger partial charge < -0.3 is 4.74 Å². The minimum absolute atomic E-state index is 0.0703. The first-order valence-electron chi connectivity index (χ1n) is 7.10. The quantitative estimate of drug-likeness (QED) is 0.438. The molecule has 0 atom stereocenters. The summed E-state index contributed by atoms with van der Waals surface area (Å²) in [4.78, 5) is 16.7. The van der Waals surface area contributed by atoms with Gasteiger partial charge in [0.2, 0.25) is 0 Å². The summed E-state index contributed by atoms with van der Waals surface area (Å²) in [6.45, 7) is 2.60. The Kier molecular flexibility index (Phi) is 5.20. The van der Waals surface area contributed by atoms with Crippen molar-refractivity contribution in [3.05, 3.63) is 53.1 Å². The molecule has 0 N–H and O–H groups in total. The Hall–Kier alpha value is -1.56. The molecular formula is C17H14ClNO2S2. The Bertz CT molecular complexity index is 830. The number of rotatable bonds is 6. The van der Waals surface area contributed by atoms with E-state index in [0.29, 0.717) is 22.9 Å². The van der Waals surface area contributed by atoms with Gasteiger partial charge in [-0.3, -0.25) is 4.79 Å². The number of nitrogens with zero attached hydrogens (tertiary/aromatic N) is 1. The van der Waals surface area contributed by atoms with E-state index in [1.165, 1.54) is 11.8 Å². The van der Waals surface area contributed by atoms with Gasteiger partial charge in [-0.2, -0.15) is 0 Å². The molecule has 3 aromatic rings. The van der Waals surface area contributed by atoms with E-state index in [2.05, 4.69) is 4.98 Å². The van der Waals surface area contributed by atoms with Crippen molar-refractivity contribution in [3.63, 3.8) is 0 Å². The number of aromatic nitrogens is 1. The molecule has 23 heavy (non-hydrogen) atoms. The maximum Gasteiger partial charge on any atom is 0.173 e. The van der Waals surface area contributed by atoms with Crippen molar-refractivity contribution in [1.82, 2.24) is 4.98 Å². The Morgan fingerprint density at radius 2 is 2.04 bits per heavy atom. The molecule has 1 heterocycles. The van der Waals surface area contributed by atoms with E-state index >= 15 is 0 Å². The van der Waals surface area contributed by atoms with Crippen LogP contribution < -0.4 is 4.74 Å². The first kappa shape index (κ1) is 16.3. The normalized spacial score (nSPS) is 10.9. The van der Waals surface area contributed by atoms with Crippen molar-refractivity contribution in [2.75, 3.05) is 12.4 Å². The van der Waals surface area contributed by atoms with Gasteiger partial charge >= 0.3 is 0 Å². The third kappa shape index (κ3) is 4.05. The highest BCUT2D eigenvalue weighted by molar-refractivity contribution is 8.01. The molecule has 0 bridgehead atoms. The minimum Gasteiger partial charge on any atom is -0.494 e. The molecule has 0 radical (unpaired) electrons. The molecule has 3 nitrogen and oxygen atoms in total. The summed E-state index contributed by atoms with van der Waals surface area (Å²) in [5.41, 5.74) is 1.60. The van der Waals surface area contributed by atoms with E-state index in [4.69, 9.17) is 16.3 Å². The lowest BCUT2D eigenvalue weighted by molar-refractivity contribution is 0.102. The zero-order valence-corrected chi connectivity index (χ0v) is 14.8. The van der Waals surface area contributed by atoms with Gasteiger partial charge in [0.15, 0.2) is 10.1 Å². The van der Waals surface area contributed by atoms with E-state index in [1.807, 2.05) is 25.1 Å². The van der Waals surface area contributed by atoms with Crippen LogP contribution in [0.3, 0.4) is 0 Å². The standard InChI is InChI=1S/C17H14ClNO2S2/c1-2-21-13-7-8-14-16(9-13)23-17(19-14)22-10-15(20)11-3-5-12(18)6-4-11/h3-9H,2,10H2,1H3. The molecule has 6 heteroatoms. The van der Waals surface area contributed by atoms with Crippen LogP contribution in [0.2, 0.25) is 5.02 Å². The molecule has 0 saturated carbocycles. The van der Waals surface area contributed by atoms with Crippen LogP contribution in [0.25, 0.3) is 10.2 Å². The van der Waals surface area contributed by atoms with Crippen LogP contribution in [-0.2, 0) is 0 Å². The largest absolute Gasteiger partial charge is 0.494 e. The fourth-order valence-corrected chi connectivity index (χ4v) is 4.17. The Labute approximate surface area is 147 Å². The number of benzene rings is 2. The molecule has 2 aromatic carbocycles. The lowest BCUT2D eigenvalue weighted by Gasteiger charge is -2.00. The summed E-state index contributed by atoms with van der Waals surface area (Å²) in [7, 11) is 0. The summed E-state index contributed by atoms with van der Waals surface area (Å²) in [5, 5.41) is 0.630. The Morgan fingerprint density at radius 3 is 2.78 bits per heavy atom. The highest BCUT2D eigenvalue weighted by Gasteiger charge is 2.10. The lowest BCUT2D eigenvalue weighted by Crippen LogP contribution is -2.01. The van der Waals surface area contributed by atoms with Crippen molar-refractivity contribution in [1.29, 1.82) is 0 Å². The van der Waals surface area contributed by atoms with Crippen LogP contribution in [-0.4, -0.2) is 23.1 Å². The van der Waals surface area contributed by atoms with Crippen molar-refractivity contribution in [2.24, 2.45) is 0 Å². The number of thiazole rings is 1. The summed E-state index contributed by atoms with van der Waals surface area (Å²) in [5.74, 6) is 1.28. The first-order valence-corrected chi connectivity index (χ1v) is 9.28. The third-order valence-electron chi connectivity index (χ3n) is 3.14. The second kappa shape index (κ2) is 7.34. The van der Waals surface area contributed by atoms with Gasteiger partial charge in [-0.25, -0.2) is 4.98 Å². The van der Waals surface area contributed by atoms with Gasteiger partial charge in [0.1, 0.15) is 5.75 Å². The summed E-state index contributed by atoms with van der Waals surface area (Å²) in [6.07, 6.45) is 0. The molecule has 0 aliphatic carbocycles. The predicted octanol–water partition coefficient (Wildman–Crippen LogP) is 5.32. The highest BCUT2D eigenvalue weighted by atomic mass is 35.5. The maximum atomic E-state index is 12.2. The number of fused-ring (bicyclic) bond motifs is 1. The van der Waals surface area contributed by atoms with Gasteiger partial charge in [-0.15, -0.1) is 11.3 Å². The third-order valence-corrected chi connectivity index (χ3v) is 5.56. The van der Waals surface area contributed by atoms with Crippen molar-refractivity contribution < 1.29 is 9.53 Å². The SMILES string of the molecule is CCOc1ccc2nc(SCC(=O)c3ccc(Cl)cc3)sc2c1. The van der Waals surface area contributed by atoms with Crippen LogP contribution >= 0.6 is 34.7 Å². The Balaban J connectivity index is 1.69. The molecule has 0 fully saturated rings. The second-order valence-electron chi connectivity index (χ2n) is 4.76. The number of carbonyl (C=O) groups is 1. The fourth-order valence-electron chi connectivity index (χ4n) is 2.05. The molecular weight excluding hydrogens is 350 g/mol. The van der Waals surface area contributed by atoms with Crippen LogP contribution in [0.15, 0.2) is 46.8 Å². The van der Waals surface area contributed by atoms with E-state index in [9.17, 15) is 4.79 Å². The Morgan fingerprint density at radius 1 is 1.26 bits per heavy atom. The van der Waals surface area contributed by atoms with Gasteiger partial charge in [-0.05, 0) is 49.4 Å². The monoisotopic (exact) mass is 363 g/mol. The number of carbonyl (C=O) groups excluding carboxylic acids is 1. The molecule has 1 aromatic heterocycles. The van der Waals surface area contributed by atoms with E-state index < -0.39 is 0 Å². The zero-order valence-electron chi connectivity index (χ0n) is 12.4. The number of hydrogen-bond donors (Lipinski definition) is 0. The smallest absolute Gasteiger partial charge is 0.173 e. The maximum absolute atomic E-state index is 12.2. The van der Waals surface area contributed by atoms with Gasteiger partial charge in [0, 0.05) is 10.6 Å². The molecule has 0 unspecified atom stereocenters. The molecule has 0 aliphatic rings. The lowest BCUT2D eigenvalue weighted by atomic mass is 10.1. The van der Waals surface area contributed by atoms with E-state index in [0.717, 1.165) is 20.3 Å². The molecule has 118 valence electrons. The van der Waals surface area contributed by atoms with Crippen molar-refractivity contribution in [3.8, 4) is 5.75 Å².